The Morgan fingerprint density at radius 2 is 1.94 bits per heavy atom. The van der Waals surface area contributed by atoms with Gasteiger partial charge < -0.3 is 0 Å². The van der Waals surface area contributed by atoms with Crippen LogP contribution in [0.3, 0.4) is 0 Å². The summed E-state index contributed by atoms with van der Waals surface area (Å²) in [6.45, 7) is 1.98. The van der Waals surface area contributed by atoms with Crippen LogP contribution in [0, 0.1) is 0 Å². The zero-order chi connectivity index (χ0) is 11.7. The van der Waals surface area contributed by atoms with Crippen LogP contribution in [0.4, 0.5) is 0 Å². The van der Waals surface area contributed by atoms with Crippen LogP contribution in [-0.4, -0.2) is 11.6 Å². The Bertz CT molecular complexity index is 501. The maximum atomic E-state index is 12.0. The number of rotatable bonds is 2. The van der Waals surface area contributed by atoms with E-state index in [9.17, 15) is 9.59 Å². The van der Waals surface area contributed by atoms with Crippen molar-refractivity contribution in [3.63, 3.8) is 0 Å². The second kappa shape index (κ2) is 4.22. The lowest BCUT2D eigenvalue weighted by Gasteiger charge is -2.14. The van der Waals surface area contributed by atoms with Gasteiger partial charge in [-0.15, -0.1) is 0 Å². The largest absolute Gasteiger partial charge is 0.289 e. The van der Waals surface area contributed by atoms with Crippen LogP contribution in [0.2, 0.25) is 5.02 Å². The third kappa shape index (κ3) is 1.81. The van der Waals surface area contributed by atoms with Crippen molar-refractivity contribution in [1.29, 1.82) is 0 Å². The molecule has 0 amide bonds. The van der Waals surface area contributed by atoms with Crippen LogP contribution in [0.1, 0.15) is 40.5 Å². The van der Waals surface area contributed by atoms with Gasteiger partial charge in [-0.2, -0.15) is 0 Å². The van der Waals surface area contributed by atoms with E-state index in [1.165, 1.54) is 6.08 Å². The number of hydrogen-bond acceptors (Lipinski definition) is 2. The average molecular weight is 235 g/mol. The van der Waals surface area contributed by atoms with E-state index < -0.39 is 0 Å². The third-order valence-corrected chi connectivity index (χ3v) is 2.84. The molecule has 0 saturated carbocycles. The highest BCUT2D eigenvalue weighted by Gasteiger charge is 2.24. The zero-order valence-electron chi connectivity index (χ0n) is 8.92. The minimum atomic E-state index is -0.102. The molecule has 0 aliphatic heterocycles. The monoisotopic (exact) mass is 234 g/mol. The first-order valence-electron chi connectivity index (χ1n) is 5.22. The fourth-order valence-electron chi connectivity index (χ4n) is 1.85. The molecule has 0 bridgehead atoms. The van der Waals surface area contributed by atoms with Gasteiger partial charge in [-0.05, 0) is 30.7 Å². The third-order valence-electron chi connectivity index (χ3n) is 2.61. The molecule has 0 saturated heterocycles. The molecular weight excluding hydrogens is 224 g/mol. The first-order valence-corrected chi connectivity index (χ1v) is 5.60. The van der Waals surface area contributed by atoms with Crippen molar-refractivity contribution in [3.05, 3.63) is 46.0 Å². The van der Waals surface area contributed by atoms with E-state index >= 15 is 0 Å². The molecule has 2 rings (SSSR count). The Morgan fingerprint density at radius 3 is 2.62 bits per heavy atom. The number of carbonyl (C=O) groups excluding carboxylic acids is 2. The number of hydrogen-bond donors (Lipinski definition) is 0. The Hall–Kier alpha value is -1.41. The second-order valence-corrected chi connectivity index (χ2v) is 4.24. The molecule has 3 heteroatoms. The Balaban J connectivity index is 2.52. The fourth-order valence-corrected chi connectivity index (χ4v) is 2.02. The predicted molar refractivity (Wildman–Crippen MR) is 63.1 cm³/mol. The number of Topliss-reactive ketones (excluding diaryl/α,β-unsaturated/α-hetero) is 1. The minimum absolute atomic E-state index is 0.0704. The van der Waals surface area contributed by atoms with E-state index in [2.05, 4.69) is 0 Å². The minimum Gasteiger partial charge on any atom is -0.289 e. The van der Waals surface area contributed by atoms with Gasteiger partial charge in [0.05, 0.1) is 0 Å². The van der Waals surface area contributed by atoms with Crippen molar-refractivity contribution in [3.8, 4) is 0 Å². The number of allylic oxidation sites excluding steroid dienone is 2. The molecule has 1 aliphatic rings. The molecular formula is C13H11ClO2. The maximum Gasteiger partial charge on any atom is 0.189 e. The number of fused-ring (bicyclic) bond motifs is 1. The lowest BCUT2D eigenvalue weighted by molar-refractivity contribution is 0.0981. The van der Waals surface area contributed by atoms with Crippen molar-refractivity contribution < 1.29 is 9.59 Å². The number of halogens is 1. The Morgan fingerprint density at radius 1 is 1.19 bits per heavy atom. The van der Waals surface area contributed by atoms with Crippen LogP contribution in [-0.2, 0) is 0 Å². The average Bonchev–Trinajstić information content (AvgIpc) is 2.25. The van der Waals surface area contributed by atoms with Crippen molar-refractivity contribution in [1.82, 2.24) is 0 Å². The van der Waals surface area contributed by atoms with E-state index in [0.29, 0.717) is 28.1 Å². The van der Waals surface area contributed by atoms with Gasteiger partial charge in [0.1, 0.15) is 0 Å². The summed E-state index contributed by atoms with van der Waals surface area (Å²) in [6, 6.07) is 4.81. The Labute approximate surface area is 98.9 Å². The van der Waals surface area contributed by atoms with Gasteiger partial charge in [-0.1, -0.05) is 24.9 Å². The predicted octanol–water partition coefficient (Wildman–Crippen LogP) is 3.45. The highest BCUT2D eigenvalue weighted by molar-refractivity contribution is 6.32. The number of benzene rings is 1. The molecule has 0 fully saturated rings. The molecule has 2 nitrogen and oxygen atoms in total. The first kappa shape index (κ1) is 11.1. The standard InChI is InChI=1S/C13H11ClO2/c1-2-3-8-6-12(15)10-5-4-9(14)7-11(10)13(8)16/h4-7H,2-3H2,1H3. The van der Waals surface area contributed by atoms with E-state index in [4.69, 9.17) is 11.6 Å². The van der Waals surface area contributed by atoms with Crippen molar-refractivity contribution in [2.24, 2.45) is 0 Å². The zero-order valence-corrected chi connectivity index (χ0v) is 9.67. The molecule has 1 aliphatic carbocycles. The molecule has 0 unspecified atom stereocenters. The maximum absolute atomic E-state index is 12.0. The van der Waals surface area contributed by atoms with Gasteiger partial charge in [0.25, 0.3) is 0 Å². The normalized spacial score (nSPS) is 14.8. The molecule has 16 heavy (non-hydrogen) atoms. The van der Waals surface area contributed by atoms with Gasteiger partial charge in [-0.3, -0.25) is 9.59 Å². The van der Waals surface area contributed by atoms with Gasteiger partial charge >= 0.3 is 0 Å². The molecule has 0 aromatic heterocycles. The van der Waals surface area contributed by atoms with Crippen LogP contribution < -0.4 is 0 Å². The summed E-state index contributed by atoms with van der Waals surface area (Å²) < 4.78 is 0. The molecule has 1 aromatic carbocycles. The van der Waals surface area contributed by atoms with Crippen LogP contribution in [0.25, 0.3) is 0 Å². The van der Waals surface area contributed by atoms with Crippen molar-refractivity contribution in [2.45, 2.75) is 19.8 Å². The van der Waals surface area contributed by atoms with Gasteiger partial charge in [0.15, 0.2) is 11.6 Å². The molecule has 0 heterocycles. The second-order valence-electron chi connectivity index (χ2n) is 3.80. The summed E-state index contributed by atoms with van der Waals surface area (Å²) in [6.07, 6.45) is 2.93. The highest BCUT2D eigenvalue weighted by atomic mass is 35.5. The smallest absolute Gasteiger partial charge is 0.189 e. The fraction of sp³-hybridized carbons (Fsp3) is 0.231. The molecule has 0 spiro atoms. The summed E-state index contributed by atoms with van der Waals surface area (Å²) in [5, 5.41) is 0.484. The summed E-state index contributed by atoms with van der Waals surface area (Å²) >= 11 is 5.83. The van der Waals surface area contributed by atoms with Crippen LogP contribution in [0.15, 0.2) is 29.8 Å². The molecule has 82 valence electrons. The van der Waals surface area contributed by atoms with E-state index in [0.717, 1.165) is 6.42 Å². The van der Waals surface area contributed by atoms with Gasteiger partial charge in [-0.25, -0.2) is 0 Å². The van der Waals surface area contributed by atoms with Gasteiger partial charge in [0, 0.05) is 21.7 Å². The van der Waals surface area contributed by atoms with Crippen LogP contribution >= 0.6 is 11.6 Å². The van der Waals surface area contributed by atoms with Crippen LogP contribution in [0.5, 0.6) is 0 Å². The summed E-state index contributed by atoms with van der Waals surface area (Å²) in [5.74, 6) is -0.173. The summed E-state index contributed by atoms with van der Waals surface area (Å²) in [5.41, 5.74) is 1.47. The molecule has 0 N–H and O–H groups in total. The topological polar surface area (TPSA) is 34.1 Å². The van der Waals surface area contributed by atoms with Crippen molar-refractivity contribution >= 4 is 23.2 Å². The summed E-state index contributed by atoms with van der Waals surface area (Å²) in [4.78, 5) is 23.8. The van der Waals surface area contributed by atoms with E-state index in [1.807, 2.05) is 6.92 Å². The number of carbonyl (C=O) groups is 2. The molecule has 1 aromatic rings. The Kier molecular flexibility index (Phi) is 2.92. The highest BCUT2D eigenvalue weighted by Crippen LogP contribution is 2.26. The molecule has 0 radical (unpaired) electrons. The lowest BCUT2D eigenvalue weighted by atomic mass is 9.88. The van der Waals surface area contributed by atoms with Gasteiger partial charge in [0.2, 0.25) is 0 Å². The molecule has 0 atom stereocenters. The SMILES string of the molecule is CCCC1=CC(=O)c2ccc(Cl)cc2C1=O. The number of ketones is 2. The van der Waals surface area contributed by atoms with E-state index in [-0.39, 0.29) is 11.6 Å². The first-order chi connectivity index (χ1) is 7.63. The lowest BCUT2D eigenvalue weighted by Crippen LogP contribution is -2.16. The summed E-state index contributed by atoms with van der Waals surface area (Å²) in [7, 11) is 0. The van der Waals surface area contributed by atoms with E-state index in [1.54, 1.807) is 18.2 Å². The quantitative estimate of drug-likeness (QED) is 0.786. The van der Waals surface area contributed by atoms with Crippen molar-refractivity contribution in [2.75, 3.05) is 0 Å².